The van der Waals surface area contributed by atoms with Crippen LogP contribution in [0.3, 0.4) is 0 Å². The van der Waals surface area contributed by atoms with Crippen molar-refractivity contribution in [2.75, 3.05) is 17.2 Å². The number of hydrogen-bond acceptors (Lipinski definition) is 3. The monoisotopic (exact) mass is 334 g/mol. The normalized spacial score (nSPS) is 13.8. The van der Waals surface area contributed by atoms with Crippen LogP contribution in [0.1, 0.15) is 23.9 Å². The van der Waals surface area contributed by atoms with Crippen LogP contribution >= 0.6 is 15.9 Å². The van der Waals surface area contributed by atoms with Crippen molar-refractivity contribution >= 4 is 27.3 Å². The Kier molecular flexibility index (Phi) is 3.46. The van der Waals surface area contributed by atoms with Crippen LogP contribution in [0.25, 0.3) is 0 Å². The van der Waals surface area contributed by atoms with E-state index in [4.69, 9.17) is 5.73 Å². The molecule has 0 saturated carbocycles. The van der Waals surface area contributed by atoms with E-state index in [0.29, 0.717) is 0 Å². The Bertz CT molecular complexity index is 648. The lowest BCUT2D eigenvalue weighted by molar-refractivity contribution is 0.679. The zero-order valence-corrected chi connectivity index (χ0v) is 13.4. The Morgan fingerprint density at radius 3 is 2.90 bits per heavy atom. The molecule has 0 spiro atoms. The van der Waals surface area contributed by atoms with Gasteiger partial charge in [-0.15, -0.1) is 0 Å². The first-order valence-corrected chi connectivity index (χ1v) is 7.73. The summed E-state index contributed by atoms with van der Waals surface area (Å²) in [5.41, 5.74) is 11.7. The summed E-state index contributed by atoms with van der Waals surface area (Å²) < 4.78 is 3.12. The molecule has 0 fully saturated rings. The maximum absolute atomic E-state index is 5.92. The van der Waals surface area contributed by atoms with Gasteiger partial charge in [0.25, 0.3) is 0 Å². The zero-order chi connectivity index (χ0) is 14.3. The van der Waals surface area contributed by atoms with Gasteiger partial charge < -0.3 is 10.6 Å². The van der Waals surface area contributed by atoms with E-state index in [0.717, 1.165) is 41.8 Å². The van der Waals surface area contributed by atoms with E-state index >= 15 is 0 Å². The summed E-state index contributed by atoms with van der Waals surface area (Å²) in [6.45, 7) is 4.03. The Morgan fingerprint density at radius 2 is 2.20 bits per heavy atom. The zero-order valence-electron chi connectivity index (χ0n) is 11.9. The molecule has 0 aliphatic carbocycles. The Labute approximate surface area is 127 Å². The molecule has 3 rings (SSSR count). The predicted octanol–water partition coefficient (Wildman–Crippen LogP) is 2.89. The van der Waals surface area contributed by atoms with Gasteiger partial charge in [0.1, 0.15) is 0 Å². The van der Waals surface area contributed by atoms with E-state index in [1.807, 2.05) is 17.8 Å². The van der Waals surface area contributed by atoms with Crippen molar-refractivity contribution in [1.82, 2.24) is 9.78 Å². The number of rotatable bonds is 3. The Morgan fingerprint density at radius 1 is 1.40 bits per heavy atom. The third-order valence-electron chi connectivity index (χ3n) is 3.94. The highest BCUT2D eigenvalue weighted by atomic mass is 79.9. The maximum atomic E-state index is 5.92. The smallest absolute Gasteiger partial charge is 0.0767 e. The second-order valence-corrected chi connectivity index (χ2v) is 6.04. The summed E-state index contributed by atoms with van der Waals surface area (Å²) in [5, 5.41) is 4.56. The van der Waals surface area contributed by atoms with Crippen molar-refractivity contribution in [1.29, 1.82) is 0 Å². The highest BCUT2D eigenvalue weighted by Crippen LogP contribution is 2.32. The third kappa shape index (κ3) is 2.20. The van der Waals surface area contributed by atoms with Gasteiger partial charge in [0, 0.05) is 25.0 Å². The third-order valence-corrected chi connectivity index (χ3v) is 4.86. The Hall–Kier alpha value is -1.49. The summed E-state index contributed by atoms with van der Waals surface area (Å²) >= 11 is 3.69. The van der Waals surface area contributed by atoms with E-state index in [2.05, 4.69) is 45.0 Å². The van der Waals surface area contributed by atoms with Gasteiger partial charge in [-0.3, -0.25) is 4.68 Å². The first kappa shape index (κ1) is 13.5. The van der Waals surface area contributed by atoms with Crippen molar-refractivity contribution < 1.29 is 0 Å². The topological polar surface area (TPSA) is 47.1 Å². The first-order chi connectivity index (χ1) is 9.60. The number of nitrogens with zero attached hydrogens (tertiary/aromatic N) is 3. The van der Waals surface area contributed by atoms with Crippen molar-refractivity contribution in [3.63, 3.8) is 0 Å². The molecule has 1 aliphatic rings. The minimum Gasteiger partial charge on any atom is -0.399 e. The molecule has 1 aromatic carbocycles. The van der Waals surface area contributed by atoms with Crippen LogP contribution in [0, 0.1) is 0 Å². The van der Waals surface area contributed by atoms with Crippen LogP contribution in [-0.2, 0) is 26.4 Å². The fourth-order valence-corrected chi connectivity index (χ4v) is 3.54. The van der Waals surface area contributed by atoms with Gasteiger partial charge in [-0.1, -0.05) is 13.0 Å². The molecule has 106 valence electrons. The molecule has 1 aliphatic heterocycles. The quantitative estimate of drug-likeness (QED) is 0.878. The number of nitrogen functional groups attached to an aromatic ring is 1. The van der Waals surface area contributed by atoms with Gasteiger partial charge in [-0.25, -0.2) is 0 Å². The van der Waals surface area contributed by atoms with E-state index in [1.54, 1.807) is 0 Å². The summed E-state index contributed by atoms with van der Waals surface area (Å²) in [4.78, 5) is 2.38. The molecule has 0 bridgehead atoms. The van der Waals surface area contributed by atoms with E-state index in [-0.39, 0.29) is 0 Å². The van der Waals surface area contributed by atoms with Gasteiger partial charge in [0.15, 0.2) is 0 Å². The molecule has 1 aromatic heterocycles. The van der Waals surface area contributed by atoms with Gasteiger partial charge in [0.2, 0.25) is 0 Å². The van der Waals surface area contributed by atoms with Crippen LogP contribution in [-0.4, -0.2) is 16.3 Å². The Balaban J connectivity index is 1.91. The molecule has 0 saturated heterocycles. The average molecular weight is 335 g/mol. The maximum Gasteiger partial charge on any atom is 0.0767 e. The first-order valence-electron chi connectivity index (χ1n) is 6.93. The molecule has 5 heteroatoms. The van der Waals surface area contributed by atoms with Crippen LogP contribution in [0.2, 0.25) is 0 Å². The number of hydrogen-bond donors (Lipinski definition) is 1. The van der Waals surface area contributed by atoms with E-state index < -0.39 is 0 Å². The summed E-state index contributed by atoms with van der Waals surface area (Å²) in [6, 6.07) is 6.20. The molecule has 20 heavy (non-hydrogen) atoms. The number of nitrogens with two attached hydrogens (primary N) is 1. The van der Waals surface area contributed by atoms with Crippen LogP contribution in [0.4, 0.5) is 11.4 Å². The molecular formula is C15H19BrN4. The molecule has 2 aromatic rings. The second-order valence-electron chi connectivity index (χ2n) is 5.24. The second kappa shape index (κ2) is 5.13. The lowest BCUT2D eigenvalue weighted by Gasteiger charge is -2.20. The van der Waals surface area contributed by atoms with Crippen molar-refractivity contribution in [3.05, 3.63) is 39.6 Å². The molecule has 0 atom stereocenters. The lowest BCUT2D eigenvalue weighted by atomic mass is 10.1. The number of benzene rings is 1. The largest absolute Gasteiger partial charge is 0.399 e. The minimum absolute atomic E-state index is 0.828. The average Bonchev–Trinajstić information content (AvgIpc) is 2.94. The fourth-order valence-electron chi connectivity index (χ4n) is 2.80. The van der Waals surface area contributed by atoms with Crippen LogP contribution in [0.5, 0.6) is 0 Å². The fraction of sp³-hybridized carbons (Fsp3) is 0.400. The summed E-state index contributed by atoms with van der Waals surface area (Å²) in [5.74, 6) is 0. The van der Waals surface area contributed by atoms with Crippen molar-refractivity contribution in [3.8, 4) is 0 Å². The highest BCUT2D eigenvalue weighted by Gasteiger charge is 2.22. The SMILES string of the molecule is CCc1nn(C)c(CN2CCc3ccc(N)cc32)c1Br. The molecule has 4 nitrogen and oxygen atoms in total. The van der Waals surface area contributed by atoms with E-state index in [9.17, 15) is 0 Å². The van der Waals surface area contributed by atoms with Gasteiger partial charge in [-0.05, 0) is 46.5 Å². The number of fused-ring (bicyclic) bond motifs is 1. The molecule has 0 radical (unpaired) electrons. The lowest BCUT2D eigenvalue weighted by Crippen LogP contribution is -2.21. The summed E-state index contributed by atoms with van der Waals surface area (Å²) in [7, 11) is 2.01. The molecular weight excluding hydrogens is 316 g/mol. The van der Waals surface area contributed by atoms with Crippen LogP contribution < -0.4 is 10.6 Å². The van der Waals surface area contributed by atoms with Gasteiger partial charge in [-0.2, -0.15) is 5.10 Å². The highest BCUT2D eigenvalue weighted by molar-refractivity contribution is 9.10. The molecule has 2 heterocycles. The van der Waals surface area contributed by atoms with Crippen molar-refractivity contribution in [2.24, 2.45) is 7.05 Å². The summed E-state index contributed by atoms with van der Waals surface area (Å²) in [6.07, 6.45) is 2.03. The van der Waals surface area contributed by atoms with Gasteiger partial charge in [0.05, 0.1) is 22.4 Å². The van der Waals surface area contributed by atoms with Gasteiger partial charge >= 0.3 is 0 Å². The number of aromatic nitrogens is 2. The number of aryl methyl sites for hydroxylation is 2. The number of halogens is 1. The molecule has 0 amide bonds. The molecule has 0 unspecified atom stereocenters. The molecule has 2 N–H and O–H groups in total. The van der Waals surface area contributed by atoms with Crippen molar-refractivity contribution in [2.45, 2.75) is 26.3 Å². The predicted molar refractivity (Wildman–Crippen MR) is 85.9 cm³/mol. The minimum atomic E-state index is 0.828. The standard InChI is InChI=1S/C15H19BrN4/c1-3-12-15(16)14(19(2)18-12)9-20-7-6-10-4-5-11(17)8-13(10)20/h4-5,8H,3,6-7,9,17H2,1-2H3. The number of anilines is 2. The van der Waals surface area contributed by atoms with E-state index in [1.165, 1.54) is 16.9 Å². The van der Waals surface area contributed by atoms with Crippen LogP contribution in [0.15, 0.2) is 22.7 Å².